The van der Waals surface area contributed by atoms with E-state index in [9.17, 15) is 14.4 Å². The van der Waals surface area contributed by atoms with E-state index < -0.39 is 5.97 Å². The molecule has 0 bridgehead atoms. The molecule has 0 saturated heterocycles. The molecular formula is C20H25N3O4S. The van der Waals surface area contributed by atoms with E-state index in [0.717, 1.165) is 26.1 Å². The van der Waals surface area contributed by atoms with Crippen LogP contribution in [0, 0.1) is 6.92 Å². The fourth-order valence-corrected chi connectivity index (χ4v) is 4.49. The molecule has 0 aromatic carbocycles. The topological polar surface area (TPSA) is 91.5 Å². The number of Topliss-reactive ketones (excluding diaryl/α,β-unsaturated/α-hetero) is 1. The predicted octanol–water partition coefficient (Wildman–Crippen LogP) is 2.09. The van der Waals surface area contributed by atoms with Crippen LogP contribution in [0.4, 0.5) is 0 Å². The van der Waals surface area contributed by atoms with Crippen molar-refractivity contribution in [2.24, 2.45) is 0 Å². The first kappa shape index (κ1) is 20.3. The number of thiophene rings is 1. The largest absolute Gasteiger partial charge is 0.465 e. The second kappa shape index (κ2) is 8.70. The van der Waals surface area contributed by atoms with Crippen molar-refractivity contribution in [1.29, 1.82) is 0 Å². The van der Waals surface area contributed by atoms with Crippen molar-refractivity contribution in [1.82, 2.24) is 15.2 Å². The van der Waals surface area contributed by atoms with Gasteiger partial charge < -0.3 is 15.0 Å². The molecule has 1 amide bonds. The molecule has 0 aliphatic carbocycles. The van der Waals surface area contributed by atoms with Crippen molar-refractivity contribution in [2.75, 3.05) is 26.7 Å². The molecule has 0 fully saturated rings. The Hall–Kier alpha value is -2.45. The highest BCUT2D eigenvalue weighted by Crippen LogP contribution is 2.23. The van der Waals surface area contributed by atoms with Crippen LogP contribution in [-0.2, 0) is 28.9 Å². The minimum absolute atomic E-state index is 0.00671. The van der Waals surface area contributed by atoms with Gasteiger partial charge in [-0.25, -0.2) is 4.79 Å². The van der Waals surface area contributed by atoms with E-state index in [-0.39, 0.29) is 23.7 Å². The summed E-state index contributed by atoms with van der Waals surface area (Å²) in [6.07, 6.45) is 1.05. The van der Waals surface area contributed by atoms with Gasteiger partial charge in [0.15, 0.2) is 5.78 Å². The van der Waals surface area contributed by atoms with Gasteiger partial charge in [-0.3, -0.25) is 14.5 Å². The summed E-state index contributed by atoms with van der Waals surface area (Å²) in [7, 11) is 1.28. The fraction of sp³-hybridized carbons (Fsp3) is 0.450. The minimum atomic E-state index is -0.552. The third-order valence-electron chi connectivity index (χ3n) is 5.04. The highest BCUT2D eigenvalue weighted by Gasteiger charge is 2.24. The number of ether oxygens (including phenoxy) is 1. The third kappa shape index (κ3) is 4.34. The number of hydrogen-bond donors (Lipinski definition) is 2. The molecule has 150 valence electrons. The molecule has 0 radical (unpaired) electrons. The Labute approximate surface area is 168 Å². The van der Waals surface area contributed by atoms with Crippen LogP contribution in [0.25, 0.3) is 0 Å². The number of carbonyl (C=O) groups is 3. The number of amides is 1. The maximum absolute atomic E-state index is 12.4. The van der Waals surface area contributed by atoms with Crippen molar-refractivity contribution in [3.8, 4) is 0 Å². The Morgan fingerprint density at radius 2 is 2.14 bits per heavy atom. The smallest absolute Gasteiger partial charge is 0.339 e. The first-order chi connectivity index (χ1) is 13.4. The summed E-state index contributed by atoms with van der Waals surface area (Å²) in [6, 6.07) is 2.17. The van der Waals surface area contributed by atoms with Crippen molar-refractivity contribution in [3.05, 3.63) is 44.4 Å². The summed E-state index contributed by atoms with van der Waals surface area (Å²) in [4.78, 5) is 42.9. The zero-order chi connectivity index (χ0) is 20.3. The normalized spacial score (nSPS) is 13.8. The number of fused-ring (bicyclic) bond motifs is 1. The van der Waals surface area contributed by atoms with Crippen molar-refractivity contribution < 1.29 is 19.1 Å². The Morgan fingerprint density at radius 3 is 2.86 bits per heavy atom. The second-order valence-corrected chi connectivity index (χ2v) is 7.95. The van der Waals surface area contributed by atoms with Gasteiger partial charge in [0.25, 0.3) is 0 Å². The molecule has 1 aliphatic heterocycles. The van der Waals surface area contributed by atoms with E-state index in [1.807, 2.05) is 0 Å². The maximum Gasteiger partial charge on any atom is 0.339 e. The molecular weight excluding hydrogens is 378 g/mol. The van der Waals surface area contributed by atoms with Crippen molar-refractivity contribution >= 4 is 29.0 Å². The van der Waals surface area contributed by atoms with Gasteiger partial charge in [-0.1, -0.05) is 0 Å². The summed E-state index contributed by atoms with van der Waals surface area (Å²) in [6.45, 7) is 6.31. The monoisotopic (exact) mass is 403 g/mol. The van der Waals surface area contributed by atoms with Gasteiger partial charge in [-0.05, 0) is 35.9 Å². The zero-order valence-electron chi connectivity index (χ0n) is 16.4. The Kier molecular flexibility index (Phi) is 6.31. The third-order valence-corrected chi connectivity index (χ3v) is 6.07. The van der Waals surface area contributed by atoms with E-state index in [4.69, 9.17) is 4.74 Å². The average Bonchev–Trinajstić information content (AvgIpc) is 3.25. The molecule has 0 atom stereocenters. The number of methoxy groups -OCH3 is 1. The van der Waals surface area contributed by atoms with Crippen LogP contribution in [0.3, 0.4) is 0 Å². The maximum atomic E-state index is 12.4. The lowest BCUT2D eigenvalue weighted by molar-refractivity contribution is -0.120. The first-order valence-electron chi connectivity index (χ1n) is 9.25. The van der Waals surface area contributed by atoms with Crippen molar-refractivity contribution in [3.63, 3.8) is 0 Å². The number of hydrogen-bond acceptors (Lipinski definition) is 6. The SMILES string of the molecule is COC(=O)c1c(CC(=O)NCCN2CCc3sccc3C2)[nH]c(C(C)=O)c1C. The van der Waals surface area contributed by atoms with Crippen LogP contribution < -0.4 is 5.32 Å². The van der Waals surface area contributed by atoms with Crippen LogP contribution in [0.2, 0.25) is 0 Å². The summed E-state index contributed by atoms with van der Waals surface area (Å²) >= 11 is 1.81. The molecule has 8 heteroatoms. The highest BCUT2D eigenvalue weighted by molar-refractivity contribution is 7.10. The number of aromatic nitrogens is 1. The highest BCUT2D eigenvalue weighted by atomic mass is 32.1. The van der Waals surface area contributed by atoms with Crippen LogP contribution in [0.5, 0.6) is 0 Å². The lowest BCUT2D eigenvalue weighted by Crippen LogP contribution is -2.38. The molecule has 3 heterocycles. The fourth-order valence-electron chi connectivity index (χ4n) is 3.60. The van der Waals surface area contributed by atoms with Gasteiger partial charge in [-0.2, -0.15) is 0 Å². The van der Waals surface area contributed by atoms with Crippen LogP contribution >= 0.6 is 11.3 Å². The number of esters is 1. The van der Waals surface area contributed by atoms with E-state index in [0.29, 0.717) is 23.5 Å². The standard InChI is InChI=1S/C20H25N3O4S/c1-12-18(20(26)27-3)15(22-19(12)13(2)24)10-17(25)21-6-8-23-7-4-16-14(11-23)5-9-28-16/h5,9,22H,4,6-8,10-11H2,1-3H3,(H,21,25). The molecule has 7 nitrogen and oxygen atoms in total. The lowest BCUT2D eigenvalue weighted by Gasteiger charge is -2.26. The quantitative estimate of drug-likeness (QED) is 0.546. The summed E-state index contributed by atoms with van der Waals surface area (Å²) in [5.41, 5.74) is 2.91. The molecule has 0 unspecified atom stereocenters. The van der Waals surface area contributed by atoms with Crippen molar-refractivity contribution in [2.45, 2.75) is 33.2 Å². The summed E-state index contributed by atoms with van der Waals surface area (Å²) in [5.74, 6) is -0.939. The number of rotatable bonds is 7. The molecule has 0 saturated carbocycles. The summed E-state index contributed by atoms with van der Waals surface area (Å²) in [5, 5.41) is 5.03. The minimum Gasteiger partial charge on any atom is -0.465 e. The average molecular weight is 404 g/mol. The Morgan fingerprint density at radius 1 is 1.36 bits per heavy atom. The van der Waals surface area contributed by atoms with E-state index in [1.165, 1.54) is 24.5 Å². The van der Waals surface area contributed by atoms with Gasteiger partial charge in [0.2, 0.25) is 5.91 Å². The zero-order valence-corrected chi connectivity index (χ0v) is 17.2. The number of carbonyl (C=O) groups excluding carboxylic acids is 3. The number of aromatic amines is 1. The van der Waals surface area contributed by atoms with Gasteiger partial charge in [-0.15, -0.1) is 11.3 Å². The Balaban J connectivity index is 1.57. The molecule has 3 rings (SSSR count). The number of nitrogens with zero attached hydrogens (tertiary/aromatic N) is 1. The number of H-pyrrole nitrogens is 1. The summed E-state index contributed by atoms with van der Waals surface area (Å²) < 4.78 is 4.81. The van der Waals surface area contributed by atoms with Gasteiger partial charge in [0.1, 0.15) is 0 Å². The molecule has 2 aromatic heterocycles. The predicted molar refractivity (Wildman–Crippen MR) is 107 cm³/mol. The molecule has 1 aliphatic rings. The van der Waals surface area contributed by atoms with Gasteiger partial charge >= 0.3 is 5.97 Å². The first-order valence-corrected chi connectivity index (χ1v) is 10.1. The Bertz CT molecular complexity index is 899. The second-order valence-electron chi connectivity index (χ2n) is 6.95. The molecule has 2 N–H and O–H groups in total. The van der Waals surface area contributed by atoms with Crippen LogP contribution in [-0.4, -0.2) is 54.3 Å². The lowest BCUT2D eigenvalue weighted by atomic mass is 10.1. The van der Waals surface area contributed by atoms with Crippen LogP contribution in [0.15, 0.2) is 11.4 Å². The van der Waals surface area contributed by atoms with E-state index in [1.54, 1.807) is 18.3 Å². The van der Waals surface area contributed by atoms with Crippen LogP contribution in [0.1, 0.15) is 49.5 Å². The number of ketones is 1. The van der Waals surface area contributed by atoms with Gasteiger partial charge in [0, 0.05) is 43.7 Å². The molecule has 28 heavy (non-hydrogen) atoms. The van der Waals surface area contributed by atoms with E-state index >= 15 is 0 Å². The molecule has 0 spiro atoms. The van der Waals surface area contributed by atoms with E-state index in [2.05, 4.69) is 26.6 Å². The number of nitrogens with one attached hydrogen (secondary N) is 2. The van der Waals surface area contributed by atoms with Gasteiger partial charge in [0.05, 0.1) is 24.8 Å². The molecule has 2 aromatic rings.